The van der Waals surface area contributed by atoms with Gasteiger partial charge < -0.3 is 10.5 Å². The van der Waals surface area contributed by atoms with E-state index in [1.54, 1.807) is 6.20 Å². The number of nitrogens with two attached hydrogens (primary N) is 1. The molecule has 4 nitrogen and oxygen atoms in total. The summed E-state index contributed by atoms with van der Waals surface area (Å²) in [5.74, 6) is 0. The molecule has 2 rings (SSSR count). The molecule has 0 aliphatic carbocycles. The zero-order valence-electron chi connectivity index (χ0n) is 6.45. The first kappa shape index (κ1) is 6.67. The molecule has 1 aliphatic rings. The first-order valence-electron chi connectivity index (χ1n) is 3.72. The van der Waals surface area contributed by atoms with E-state index < -0.39 is 0 Å². The molecular weight excluding hydrogens is 142 g/mol. The van der Waals surface area contributed by atoms with Crippen molar-refractivity contribution >= 4 is 5.69 Å². The minimum Gasteiger partial charge on any atom is -0.396 e. The van der Waals surface area contributed by atoms with E-state index in [2.05, 4.69) is 5.10 Å². The third kappa shape index (κ3) is 0.903. The second-order valence-corrected chi connectivity index (χ2v) is 2.72. The average Bonchev–Trinajstić information content (AvgIpc) is 2.34. The zero-order chi connectivity index (χ0) is 7.84. The van der Waals surface area contributed by atoms with Crippen LogP contribution in [-0.2, 0) is 11.3 Å². The fourth-order valence-corrected chi connectivity index (χ4v) is 1.43. The molecule has 1 atom stereocenters. The summed E-state index contributed by atoms with van der Waals surface area (Å²) in [4.78, 5) is 0. The van der Waals surface area contributed by atoms with Gasteiger partial charge in [0.05, 0.1) is 36.8 Å². The Morgan fingerprint density at radius 3 is 3.36 bits per heavy atom. The van der Waals surface area contributed by atoms with E-state index in [9.17, 15) is 0 Å². The number of ether oxygens (including phenoxy) is 1. The summed E-state index contributed by atoms with van der Waals surface area (Å²) in [5, 5.41) is 4.12. The highest BCUT2D eigenvalue weighted by Crippen LogP contribution is 2.25. The smallest absolute Gasteiger partial charge is 0.0985 e. The summed E-state index contributed by atoms with van der Waals surface area (Å²) >= 11 is 0. The molecule has 60 valence electrons. The molecule has 0 saturated carbocycles. The monoisotopic (exact) mass is 153 g/mol. The molecular formula is C7H11N3O. The Labute approximate surface area is 64.9 Å². The fourth-order valence-electron chi connectivity index (χ4n) is 1.43. The third-order valence-corrected chi connectivity index (χ3v) is 1.97. The highest BCUT2D eigenvalue weighted by molar-refractivity contribution is 5.42. The maximum Gasteiger partial charge on any atom is 0.0985 e. The topological polar surface area (TPSA) is 53.1 Å². The molecule has 0 unspecified atom stereocenters. The predicted molar refractivity (Wildman–Crippen MR) is 41.0 cm³/mol. The van der Waals surface area contributed by atoms with Crippen molar-refractivity contribution in [3.8, 4) is 0 Å². The van der Waals surface area contributed by atoms with Crippen molar-refractivity contribution < 1.29 is 4.74 Å². The first-order chi connectivity index (χ1) is 5.29. The molecule has 0 bridgehead atoms. The number of aromatic nitrogens is 2. The first-order valence-corrected chi connectivity index (χ1v) is 3.72. The largest absolute Gasteiger partial charge is 0.396 e. The Bertz CT molecular complexity index is 269. The lowest BCUT2D eigenvalue weighted by molar-refractivity contribution is 0.0294. The normalized spacial score (nSPS) is 23.2. The zero-order valence-corrected chi connectivity index (χ0v) is 6.45. The van der Waals surface area contributed by atoms with Crippen LogP contribution < -0.4 is 5.73 Å². The van der Waals surface area contributed by atoms with Crippen LogP contribution in [0.1, 0.15) is 18.7 Å². The maximum absolute atomic E-state index is 5.69. The second-order valence-electron chi connectivity index (χ2n) is 2.72. The highest BCUT2D eigenvalue weighted by Gasteiger charge is 2.19. The van der Waals surface area contributed by atoms with Gasteiger partial charge >= 0.3 is 0 Å². The van der Waals surface area contributed by atoms with Crippen molar-refractivity contribution in [3.05, 3.63) is 11.9 Å². The van der Waals surface area contributed by atoms with Crippen molar-refractivity contribution in [2.24, 2.45) is 0 Å². The summed E-state index contributed by atoms with van der Waals surface area (Å²) in [5.41, 5.74) is 7.43. The van der Waals surface area contributed by atoms with Crippen LogP contribution in [0.4, 0.5) is 5.69 Å². The van der Waals surface area contributed by atoms with E-state index >= 15 is 0 Å². The summed E-state index contributed by atoms with van der Waals surface area (Å²) in [6, 6.07) is 0. The van der Waals surface area contributed by atoms with E-state index in [0.717, 1.165) is 24.5 Å². The van der Waals surface area contributed by atoms with Crippen LogP contribution >= 0.6 is 0 Å². The van der Waals surface area contributed by atoms with Gasteiger partial charge in [0.2, 0.25) is 0 Å². The predicted octanol–water partition coefficient (Wildman–Crippen LogP) is 0.556. The van der Waals surface area contributed by atoms with Crippen LogP contribution in [0.15, 0.2) is 6.20 Å². The maximum atomic E-state index is 5.69. The molecule has 0 radical (unpaired) electrons. The lowest BCUT2D eigenvalue weighted by atomic mass is 10.2. The minimum absolute atomic E-state index is 0.0891. The Balaban J connectivity index is 2.48. The van der Waals surface area contributed by atoms with Crippen molar-refractivity contribution in [1.82, 2.24) is 9.78 Å². The quantitative estimate of drug-likeness (QED) is 0.592. The highest BCUT2D eigenvalue weighted by atomic mass is 16.5. The van der Waals surface area contributed by atoms with Crippen LogP contribution in [0, 0.1) is 0 Å². The molecule has 4 heteroatoms. The van der Waals surface area contributed by atoms with Crippen LogP contribution in [0.2, 0.25) is 0 Å². The van der Waals surface area contributed by atoms with Gasteiger partial charge in [-0.05, 0) is 6.92 Å². The molecule has 0 amide bonds. The minimum atomic E-state index is 0.0891. The van der Waals surface area contributed by atoms with E-state index in [1.807, 2.05) is 11.6 Å². The van der Waals surface area contributed by atoms with Gasteiger partial charge in [0.25, 0.3) is 0 Å². The Hall–Kier alpha value is -1.03. The van der Waals surface area contributed by atoms with Gasteiger partial charge in [-0.3, -0.25) is 4.68 Å². The third-order valence-electron chi connectivity index (χ3n) is 1.97. The van der Waals surface area contributed by atoms with Crippen LogP contribution in [0.5, 0.6) is 0 Å². The Morgan fingerprint density at radius 2 is 2.64 bits per heavy atom. The molecule has 1 aromatic rings. The van der Waals surface area contributed by atoms with Gasteiger partial charge in [-0.25, -0.2) is 0 Å². The lowest BCUT2D eigenvalue weighted by Crippen LogP contribution is -2.21. The molecule has 0 saturated heterocycles. The van der Waals surface area contributed by atoms with Crippen LogP contribution in [-0.4, -0.2) is 16.4 Å². The second kappa shape index (κ2) is 2.23. The van der Waals surface area contributed by atoms with Crippen molar-refractivity contribution in [3.63, 3.8) is 0 Å². The SMILES string of the molecule is C[C@H]1OCCn2ncc(N)c21. The molecule has 1 aromatic heterocycles. The Kier molecular flexibility index (Phi) is 1.35. The number of anilines is 1. The van der Waals surface area contributed by atoms with Gasteiger partial charge in [0.15, 0.2) is 0 Å². The van der Waals surface area contributed by atoms with E-state index in [0.29, 0.717) is 0 Å². The van der Waals surface area contributed by atoms with Crippen molar-refractivity contribution in [2.75, 3.05) is 12.3 Å². The van der Waals surface area contributed by atoms with E-state index in [4.69, 9.17) is 10.5 Å². The summed E-state index contributed by atoms with van der Waals surface area (Å²) < 4.78 is 7.31. The van der Waals surface area contributed by atoms with Crippen molar-refractivity contribution in [1.29, 1.82) is 0 Å². The lowest BCUT2D eigenvalue weighted by Gasteiger charge is -2.21. The molecule has 11 heavy (non-hydrogen) atoms. The molecule has 0 spiro atoms. The van der Waals surface area contributed by atoms with Gasteiger partial charge in [-0.1, -0.05) is 0 Å². The summed E-state index contributed by atoms with van der Waals surface area (Å²) in [7, 11) is 0. The number of nitrogens with zero attached hydrogens (tertiary/aromatic N) is 2. The fraction of sp³-hybridized carbons (Fsp3) is 0.571. The molecule has 2 heterocycles. The summed E-state index contributed by atoms with van der Waals surface area (Å²) in [6.07, 6.45) is 1.77. The van der Waals surface area contributed by atoms with Crippen molar-refractivity contribution in [2.45, 2.75) is 19.6 Å². The number of hydrogen-bond donors (Lipinski definition) is 1. The number of hydrogen-bond acceptors (Lipinski definition) is 3. The number of rotatable bonds is 0. The molecule has 0 fully saturated rings. The molecule has 1 aliphatic heterocycles. The standard InChI is InChI=1S/C7H11N3O/c1-5-7-6(8)4-9-10(7)2-3-11-5/h4-5H,2-3,8H2,1H3/t5-/m1/s1. The Morgan fingerprint density at radius 1 is 1.82 bits per heavy atom. The van der Waals surface area contributed by atoms with Crippen LogP contribution in [0.25, 0.3) is 0 Å². The number of nitrogen functional groups attached to an aromatic ring is 1. The van der Waals surface area contributed by atoms with Gasteiger partial charge in [0.1, 0.15) is 0 Å². The number of fused-ring (bicyclic) bond motifs is 1. The molecule has 0 aromatic carbocycles. The molecule has 2 N–H and O–H groups in total. The van der Waals surface area contributed by atoms with E-state index in [-0.39, 0.29) is 6.10 Å². The van der Waals surface area contributed by atoms with Gasteiger partial charge in [0, 0.05) is 0 Å². The van der Waals surface area contributed by atoms with Gasteiger partial charge in [-0.2, -0.15) is 5.10 Å². The van der Waals surface area contributed by atoms with Gasteiger partial charge in [-0.15, -0.1) is 0 Å². The van der Waals surface area contributed by atoms with Crippen LogP contribution in [0.3, 0.4) is 0 Å². The van der Waals surface area contributed by atoms with E-state index in [1.165, 1.54) is 0 Å². The summed E-state index contributed by atoms with van der Waals surface area (Å²) in [6.45, 7) is 3.54. The average molecular weight is 153 g/mol.